The second-order valence-electron chi connectivity index (χ2n) is 6.82. The summed E-state index contributed by atoms with van der Waals surface area (Å²) in [5.74, 6) is 0.843. The Hall–Kier alpha value is -4.46. The van der Waals surface area contributed by atoms with Crippen LogP contribution in [-0.2, 0) is 17.9 Å². The van der Waals surface area contributed by atoms with Crippen molar-refractivity contribution in [3.05, 3.63) is 47.9 Å². The first-order valence-electron chi connectivity index (χ1n) is 9.56. The number of amides is 1. The maximum Gasteiger partial charge on any atom is 0.245 e. The van der Waals surface area contributed by atoms with Crippen LogP contribution in [0.25, 0.3) is 11.2 Å². The van der Waals surface area contributed by atoms with E-state index in [1.54, 1.807) is 33.5 Å². The first-order valence-corrected chi connectivity index (χ1v) is 9.56. The zero-order valence-electron chi connectivity index (χ0n) is 17.0. The zero-order valence-corrected chi connectivity index (χ0v) is 17.0. The number of hydrogen-bond acceptors (Lipinski definition) is 8. The molecule has 11 heteroatoms. The normalized spacial score (nSPS) is 10.7. The van der Waals surface area contributed by atoms with Crippen molar-refractivity contribution in [2.45, 2.75) is 26.9 Å². The lowest BCUT2D eigenvalue weighted by Gasteiger charge is -2.09. The topological polar surface area (TPSA) is 152 Å². The van der Waals surface area contributed by atoms with Gasteiger partial charge >= 0.3 is 0 Å². The minimum Gasteiger partial charge on any atom is -0.368 e. The zero-order chi connectivity index (χ0) is 22.0. The molecule has 156 valence electrons. The number of nitrogens with zero attached hydrogens (tertiary/aromatic N) is 7. The van der Waals surface area contributed by atoms with Crippen molar-refractivity contribution >= 4 is 40.3 Å². The summed E-state index contributed by atoms with van der Waals surface area (Å²) in [6.45, 7) is 4.46. The third kappa shape index (κ3) is 4.13. The summed E-state index contributed by atoms with van der Waals surface area (Å²) in [5, 5.41) is 19.3. The molecule has 3 heterocycles. The van der Waals surface area contributed by atoms with Gasteiger partial charge in [0.1, 0.15) is 12.4 Å². The fraction of sp³-hybridized carbons (Fsp3) is 0.200. The highest BCUT2D eigenvalue weighted by molar-refractivity contribution is 5.92. The molecule has 0 spiro atoms. The first-order chi connectivity index (χ1) is 15.0. The summed E-state index contributed by atoms with van der Waals surface area (Å²) in [6.07, 6.45) is 1.52. The van der Waals surface area contributed by atoms with E-state index < -0.39 is 0 Å². The van der Waals surface area contributed by atoms with Gasteiger partial charge in [0.15, 0.2) is 17.0 Å². The van der Waals surface area contributed by atoms with Crippen LogP contribution in [0.15, 0.2) is 36.7 Å². The van der Waals surface area contributed by atoms with Gasteiger partial charge in [-0.05, 0) is 38.1 Å². The largest absolute Gasteiger partial charge is 0.368 e. The van der Waals surface area contributed by atoms with E-state index in [2.05, 4.69) is 36.8 Å². The van der Waals surface area contributed by atoms with E-state index in [-0.39, 0.29) is 18.4 Å². The minimum absolute atomic E-state index is 0.00278. The Morgan fingerprint density at radius 2 is 2.03 bits per heavy atom. The number of benzene rings is 1. The Balaban J connectivity index is 1.58. The highest BCUT2D eigenvalue weighted by Crippen LogP contribution is 2.24. The van der Waals surface area contributed by atoms with Crippen LogP contribution in [-0.4, -0.2) is 35.2 Å². The van der Waals surface area contributed by atoms with Crippen LogP contribution in [0, 0.1) is 18.3 Å². The molecule has 4 aromatic rings. The molecule has 31 heavy (non-hydrogen) atoms. The van der Waals surface area contributed by atoms with E-state index in [0.29, 0.717) is 40.6 Å². The van der Waals surface area contributed by atoms with Crippen LogP contribution < -0.4 is 16.4 Å². The van der Waals surface area contributed by atoms with Crippen molar-refractivity contribution in [2.24, 2.45) is 0 Å². The molecule has 0 fully saturated rings. The average molecular weight is 416 g/mol. The maximum atomic E-state index is 12.6. The summed E-state index contributed by atoms with van der Waals surface area (Å²) in [6, 6.07) is 10.8. The van der Waals surface area contributed by atoms with E-state index in [9.17, 15) is 4.79 Å². The summed E-state index contributed by atoms with van der Waals surface area (Å²) >= 11 is 0. The van der Waals surface area contributed by atoms with Gasteiger partial charge in [-0.2, -0.15) is 20.3 Å². The van der Waals surface area contributed by atoms with Crippen LogP contribution >= 0.6 is 0 Å². The number of rotatable bonds is 6. The fourth-order valence-corrected chi connectivity index (χ4v) is 3.15. The van der Waals surface area contributed by atoms with Crippen LogP contribution in [0.4, 0.5) is 23.3 Å². The third-order valence-electron chi connectivity index (χ3n) is 4.54. The van der Waals surface area contributed by atoms with Crippen LogP contribution in [0.2, 0.25) is 0 Å². The van der Waals surface area contributed by atoms with Gasteiger partial charge in [-0.3, -0.25) is 4.79 Å². The summed E-state index contributed by atoms with van der Waals surface area (Å²) in [7, 11) is 0. The molecule has 0 radical (unpaired) electrons. The summed E-state index contributed by atoms with van der Waals surface area (Å²) in [4.78, 5) is 25.4. The molecule has 1 aromatic carbocycles. The molecule has 0 bridgehead atoms. The van der Waals surface area contributed by atoms with E-state index in [1.165, 1.54) is 6.33 Å². The maximum absolute atomic E-state index is 12.6. The molecule has 0 saturated heterocycles. The van der Waals surface area contributed by atoms with Gasteiger partial charge in [-0.1, -0.05) is 0 Å². The number of anilines is 4. The minimum atomic E-state index is -0.243. The predicted octanol–water partition coefficient (Wildman–Crippen LogP) is 2.19. The second kappa shape index (κ2) is 8.11. The predicted molar refractivity (Wildman–Crippen MR) is 115 cm³/mol. The van der Waals surface area contributed by atoms with Gasteiger partial charge in [-0.15, -0.1) is 0 Å². The lowest BCUT2D eigenvalue weighted by molar-refractivity contribution is -0.116. The number of carbonyl (C=O) groups is 1. The number of nitriles is 1. The highest BCUT2D eigenvalue weighted by Gasteiger charge is 2.16. The number of aryl methyl sites for hydroxylation is 2. The van der Waals surface area contributed by atoms with Gasteiger partial charge in [-0.25, -0.2) is 9.67 Å². The molecule has 4 rings (SSSR count). The SMILES string of the molecule is CCn1nc(C)cc1NC(=O)Cn1cnc2c(Nc3ccc(C#N)cc3)nc(N)nc21. The van der Waals surface area contributed by atoms with Gasteiger partial charge < -0.3 is 20.9 Å². The second-order valence-corrected chi connectivity index (χ2v) is 6.82. The van der Waals surface area contributed by atoms with Crippen molar-refractivity contribution in [3.63, 3.8) is 0 Å². The van der Waals surface area contributed by atoms with Crippen LogP contribution in [0.1, 0.15) is 18.2 Å². The number of imidazole rings is 1. The highest BCUT2D eigenvalue weighted by atomic mass is 16.2. The van der Waals surface area contributed by atoms with Crippen molar-refractivity contribution < 1.29 is 4.79 Å². The molecule has 0 aliphatic carbocycles. The van der Waals surface area contributed by atoms with Gasteiger partial charge in [0.05, 0.1) is 23.7 Å². The molecule has 0 atom stereocenters. The Kier molecular flexibility index (Phi) is 5.19. The van der Waals surface area contributed by atoms with E-state index >= 15 is 0 Å². The molecule has 3 aromatic heterocycles. The van der Waals surface area contributed by atoms with Crippen molar-refractivity contribution in [1.82, 2.24) is 29.3 Å². The van der Waals surface area contributed by atoms with Gasteiger partial charge in [0, 0.05) is 18.3 Å². The third-order valence-corrected chi connectivity index (χ3v) is 4.54. The van der Waals surface area contributed by atoms with Crippen molar-refractivity contribution in [3.8, 4) is 6.07 Å². The molecule has 1 amide bonds. The molecule has 0 saturated carbocycles. The number of aromatic nitrogens is 6. The molecule has 4 N–H and O–H groups in total. The number of nitrogens with two attached hydrogens (primary N) is 1. The summed E-state index contributed by atoms with van der Waals surface area (Å²) < 4.78 is 3.32. The summed E-state index contributed by atoms with van der Waals surface area (Å²) in [5.41, 5.74) is 8.88. The first kappa shape index (κ1) is 19.8. The number of carbonyl (C=O) groups excluding carboxylic acids is 1. The van der Waals surface area contributed by atoms with Gasteiger partial charge in [0.25, 0.3) is 0 Å². The Morgan fingerprint density at radius 3 is 2.74 bits per heavy atom. The molecular weight excluding hydrogens is 396 g/mol. The molecule has 0 aliphatic rings. The lowest BCUT2D eigenvalue weighted by Crippen LogP contribution is -2.20. The number of nitrogens with one attached hydrogen (secondary N) is 2. The molecular formula is C20H20N10O. The van der Waals surface area contributed by atoms with Gasteiger partial charge in [0.2, 0.25) is 11.9 Å². The van der Waals surface area contributed by atoms with E-state index in [4.69, 9.17) is 11.0 Å². The van der Waals surface area contributed by atoms with Crippen molar-refractivity contribution in [1.29, 1.82) is 5.26 Å². The Morgan fingerprint density at radius 1 is 1.26 bits per heavy atom. The van der Waals surface area contributed by atoms with Crippen LogP contribution in [0.5, 0.6) is 0 Å². The lowest BCUT2D eigenvalue weighted by atomic mass is 10.2. The number of hydrogen-bond donors (Lipinski definition) is 3. The standard InChI is InChI=1S/C20H20N10O/c1-3-30-15(8-12(2)28-30)25-16(31)10-29-11-23-17-18(26-20(22)27-19(17)29)24-14-6-4-13(9-21)5-7-14/h4-8,11H,3,10H2,1-2H3,(H,25,31)(H3,22,24,26,27). The Labute approximate surface area is 177 Å². The molecule has 11 nitrogen and oxygen atoms in total. The Bertz CT molecular complexity index is 1300. The number of nitrogen functional groups attached to an aromatic ring is 1. The smallest absolute Gasteiger partial charge is 0.245 e. The van der Waals surface area contributed by atoms with E-state index in [1.807, 2.05) is 19.9 Å². The van der Waals surface area contributed by atoms with E-state index in [0.717, 1.165) is 5.69 Å². The van der Waals surface area contributed by atoms with Crippen molar-refractivity contribution in [2.75, 3.05) is 16.4 Å². The van der Waals surface area contributed by atoms with Crippen LogP contribution in [0.3, 0.4) is 0 Å². The monoisotopic (exact) mass is 416 g/mol. The number of fused-ring (bicyclic) bond motifs is 1. The fourth-order valence-electron chi connectivity index (χ4n) is 3.15. The quantitative estimate of drug-likeness (QED) is 0.432. The molecule has 0 aliphatic heterocycles. The average Bonchev–Trinajstić information content (AvgIpc) is 3.31. The molecule has 0 unspecified atom stereocenters.